The fraction of sp³-hybridized carbons (Fsp3) is 0.594. The summed E-state index contributed by atoms with van der Waals surface area (Å²) in [7, 11) is -2.42. The molecule has 216 valence electrons. The van der Waals surface area contributed by atoms with Crippen molar-refractivity contribution in [1.29, 1.82) is 0 Å². The van der Waals surface area contributed by atoms with Gasteiger partial charge in [0.25, 0.3) is 0 Å². The second-order valence-electron chi connectivity index (χ2n) is 12.9. The molecule has 5 N–H and O–H groups in total. The van der Waals surface area contributed by atoms with Crippen molar-refractivity contribution >= 4 is 14.2 Å². The van der Waals surface area contributed by atoms with Crippen LogP contribution < -0.4 is 10.6 Å². The molecule has 0 radical (unpaired) electrons. The third-order valence-corrected chi connectivity index (χ3v) is 12.3. The number of hydrogen-bond donors (Lipinski definition) is 5. The maximum Gasteiger partial charge on any atom is 0.224 e. The Bertz CT molecular complexity index is 1080. The van der Waals surface area contributed by atoms with Gasteiger partial charge in [0.2, 0.25) is 5.91 Å². The Morgan fingerprint density at radius 1 is 1.10 bits per heavy atom. The minimum atomic E-state index is -2.42. The summed E-state index contributed by atoms with van der Waals surface area (Å²) in [4.78, 5) is 23.4. The van der Waals surface area contributed by atoms with Crippen LogP contribution in [0, 0.1) is 5.92 Å². The average molecular weight is 555 g/mol. The van der Waals surface area contributed by atoms with Crippen molar-refractivity contribution in [2.75, 3.05) is 13.1 Å². The zero-order valence-electron chi connectivity index (χ0n) is 24.6. The first-order valence-corrected chi connectivity index (χ1v) is 17.6. The molecule has 0 aliphatic heterocycles. The lowest BCUT2D eigenvalue weighted by Gasteiger charge is -2.38. The van der Waals surface area contributed by atoms with Gasteiger partial charge in [0, 0.05) is 24.7 Å². The van der Waals surface area contributed by atoms with E-state index in [1.807, 2.05) is 37.4 Å². The van der Waals surface area contributed by atoms with E-state index in [0.717, 1.165) is 30.5 Å². The molecule has 0 spiro atoms. The zero-order chi connectivity index (χ0) is 28.6. The number of phenols is 1. The van der Waals surface area contributed by atoms with Crippen LogP contribution >= 0.6 is 0 Å². The summed E-state index contributed by atoms with van der Waals surface area (Å²) < 4.78 is 0. The van der Waals surface area contributed by atoms with Gasteiger partial charge < -0.3 is 25.6 Å². The van der Waals surface area contributed by atoms with Crippen LogP contribution in [0.1, 0.15) is 81.0 Å². The highest BCUT2D eigenvalue weighted by atomic mass is 28.4. The van der Waals surface area contributed by atoms with E-state index in [1.165, 1.54) is 31.2 Å². The lowest BCUT2D eigenvalue weighted by molar-refractivity contribution is -0.120. The number of aliphatic hydroxyl groups is 1. The van der Waals surface area contributed by atoms with Gasteiger partial charge in [0.05, 0.1) is 13.0 Å². The molecule has 1 amide bonds. The van der Waals surface area contributed by atoms with Gasteiger partial charge in [0.15, 0.2) is 8.32 Å². The Hall–Kier alpha value is -2.19. The summed E-state index contributed by atoms with van der Waals surface area (Å²) in [6.45, 7) is 11.7. The second kappa shape index (κ2) is 13.9. The monoisotopic (exact) mass is 554 g/mol. The summed E-state index contributed by atoms with van der Waals surface area (Å²) >= 11 is 0. The molecule has 0 unspecified atom stereocenters. The number of aromatic hydroxyl groups is 1. The molecule has 1 saturated carbocycles. The molecule has 2 aromatic rings. The Morgan fingerprint density at radius 2 is 1.79 bits per heavy atom. The third-order valence-electron chi connectivity index (χ3n) is 8.83. The predicted molar refractivity (Wildman–Crippen MR) is 161 cm³/mol. The minimum absolute atomic E-state index is 0.0992. The van der Waals surface area contributed by atoms with Crippen LogP contribution in [0.2, 0.25) is 18.1 Å². The van der Waals surface area contributed by atoms with Gasteiger partial charge in [-0.3, -0.25) is 4.79 Å². The van der Waals surface area contributed by atoms with Gasteiger partial charge in [-0.1, -0.05) is 57.0 Å². The molecule has 2 atom stereocenters. The third kappa shape index (κ3) is 9.45. The van der Waals surface area contributed by atoms with E-state index < -0.39 is 8.32 Å². The number of aliphatic hydroxyl groups excluding tert-OH is 1. The van der Waals surface area contributed by atoms with Crippen LogP contribution in [0.3, 0.4) is 0 Å². The van der Waals surface area contributed by atoms with Gasteiger partial charge in [-0.15, -0.1) is 0 Å². The van der Waals surface area contributed by atoms with Crippen LogP contribution in [-0.2, 0) is 24.2 Å². The van der Waals surface area contributed by atoms with Crippen molar-refractivity contribution in [3.63, 3.8) is 0 Å². The van der Waals surface area contributed by atoms with E-state index in [9.17, 15) is 19.8 Å². The van der Waals surface area contributed by atoms with E-state index in [0.29, 0.717) is 24.4 Å². The smallest absolute Gasteiger partial charge is 0.224 e. The second-order valence-corrected chi connectivity index (χ2v) is 17.3. The van der Waals surface area contributed by atoms with Crippen LogP contribution in [0.4, 0.5) is 0 Å². The predicted octanol–water partition coefficient (Wildman–Crippen LogP) is 5.41. The van der Waals surface area contributed by atoms with Gasteiger partial charge in [-0.05, 0) is 91.4 Å². The van der Waals surface area contributed by atoms with Crippen molar-refractivity contribution in [3.8, 4) is 5.75 Å². The maximum absolute atomic E-state index is 12.5. The number of benzene rings is 2. The van der Waals surface area contributed by atoms with Gasteiger partial charge in [-0.25, -0.2) is 0 Å². The molecule has 1 fully saturated rings. The molecule has 39 heavy (non-hydrogen) atoms. The normalized spacial score (nSPS) is 16.3. The van der Waals surface area contributed by atoms with Crippen LogP contribution in [0.25, 0.3) is 0 Å². The molecule has 7 heteroatoms. The van der Waals surface area contributed by atoms with Gasteiger partial charge >= 0.3 is 0 Å². The molecular weight excluding hydrogens is 504 g/mol. The molecule has 6 nitrogen and oxygen atoms in total. The van der Waals surface area contributed by atoms with E-state index >= 15 is 0 Å². The molecule has 0 saturated heterocycles. The summed E-state index contributed by atoms with van der Waals surface area (Å²) in [6.07, 6.45) is 7.07. The van der Waals surface area contributed by atoms with E-state index in [-0.39, 0.29) is 35.3 Å². The van der Waals surface area contributed by atoms with Crippen molar-refractivity contribution in [2.24, 2.45) is 5.92 Å². The van der Waals surface area contributed by atoms with Crippen LogP contribution in [0.15, 0.2) is 42.5 Å². The van der Waals surface area contributed by atoms with Crippen molar-refractivity contribution < 1.29 is 19.8 Å². The Kier molecular flexibility index (Phi) is 11.2. The maximum atomic E-state index is 12.5. The highest BCUT2D eigenvalue weighted by Gasteiger charge is 2.40. The SMILES string of the molecule is C[C@H](Cc1cccc(CC(=O)NCC2CCCC2)c1)NC[C@H](CC(C)(C)[Si](C)(C)O)c1ccc(O)c(CO)c1. The lowest BCUT2D eigenvalue weighted by Crippen LogP contribution is -2.41. The van der Waals surface area contributed by atoms with Crippen molar-refractivity contribution in [1.82, 2.24) is 10.6 Å². The summed E-state index contributed by atoms with van der Waals surface area (Å²) in [5, 5.41) is 26.4. The quantitative estimate of drug-likeness (QED) is 0.201. The van der Waals surface area contributed by atoms with Crippen molar-refractivity contribution in [2.45, 2.75) is 102 Å². The van der Waals surface area contributed by atoms with Gasteiger partial charge in [-0.2, -0.15) is 0 Å². The van der Waals surface area contributed by atoms with Crippen LogP contribution in [-0.4, -0.2) is 48.4 Å². The summed E-state index contributed by atoms with van der Waals surface area (Å²) in [5.74, 6) is 0.957. The Morgan fingerprint density at radius 3 is 2.46 bits per heavy atom. The molecule has 0 bridgehead atoms. The first-order valence-electron chi connectivity index (χ1n) is 14.6. The standard InChI is InChI=1S/C32H50N2O4Si/c1-23(15-25-11-8-12-26(16-25)17-31(37)34-20-24-9-6-7-10-24)33-21-29(19-32(2,3)39(4,5)38)27-13-14-30(36)28(18-27)22-35/h8,11-14,16,18,23-24,29,33,35-36,38H,6-7,9-10,15,17,19-22H2,1-5H3,(H,34,37)/t23-,29+/m1/s1. The number of carbonyl (C=O) groups excluding carboxylic acids is 1. The number of nitrogens with one attached hydrogen (secondary N) is 2. The first kappa shape index (κ1) is 31.3. The molecule has 2 aromatic carbocycles. The number of carbonyl (C=O) groups is 1. The highest BCUT2D eigenvalue weighted by Crippen LogP contribution is 2.44. The van der Waals surface area contributed by atoms with E-state index in [2.05, 4.69) is 43.5 Å². The molecular formula is C32H50N2O4Si. The largest absolute Gasteiger partial charge is 0.508 e. The molecule has 1 aliphatic rings. The van der Waals surface area contributed by atoms with Gasteiger partial charge in [0.1, 0.15) is 5.75 Å². The summed E-state index contributed by atoms with van der Waals surface area (Å²) in [6, 6.07) is 14.0. The fourth-order valence-electron chi connectivity index (χ4n) is 5.52. The highest BCUT2D eigenvalue weighted by molar-refractivity contribution is 6.72. The first-order chi connectivity index (χ1) is 18.4. The van der Waals surface area contributed by atoms with Crippen LogP contribution in [0.5, 0.6) is 5.75 Å². The number of amides is 1. The van der Waals surface area contributed by atoms with E-state index in [4.69, 9.17) is 0 Å². The topological polar surface area (TPSA) is 102 Å². The van der Waals surface area contributed by atoms with E-state index in [1.54, 1.807) is 6.07 Å². The minimum Gasteiger partial charge on any atom is -0.508 e. The van der Waals surface area contributed by atoms with Crippen molar-refractivity contribution in [3.05, 3.63) is 64.7 Å². The number of rotatable bonds is 14. The Balaban J connectivity index is 1.61. The molecule has 3 rings (SSSR count). The molecule has 1 aliphatic carbocycles. The number of hydrogen-bond acceptors (Lipinski definition) is 5. The fourth-order valence-corrected chi connectivity index (χ4v) is 6.26. The average Bonchev–Trinajstić information content (AvgIpc) is 3.39. The zero-order valence-corrected chi connectivity index (χ0v) is 25.6. The lowest BCUT2D eigenvalue weighted by atomic mass is 9.88. The Labute approximate surface area is 236 Å². The summed E-state index contributed by atoms with van der Waals surface area (Å²) in [5.41, 5.74) is 3.81. The molecule has 0 heterocycles. The molecule has 0 aromatic heterocycles.